The van der Waals surface area contributed by atoms with Gasteiger partial charge in [-0.25, -0.2) is 9.48 Å². The largest absolute Gasteiger partial charge is 0.476 e. The van der Waals surface area contributed by atoms with Crippen LogP contribution in [0.25, 0.3) is 5.69 Å². The number of carbonyl (C=O) groups is 1. The van der Waals surface area contributed by atoms with E-state index in [1.54, 1.807) is 4.68 Å². The first-order valence-corrected chi connectivity index (χ1v) is 7.46. The number of carboxylic acid groups (broad SMARTS) is 1. The van der Waals surface area contributed by atoms with Gasteiger partial charge in [0, 0.05) is 15.7 Å². The number of benzene rings is 1. The van der Waals surface area contributed by atoms with E-state index in [0.29, 0.717) is 5.92 Å². The first-order valence-electron chi connectivity index (χ1n) is 6.67. The molecule has 104 valence electrons. The van der Waals surface area contributed by atoms with Gasteiger partial charge in [-0.1, -0.05) is 19.1 Å². The maximum atomic E-state index is 11.4. The summed E-state index contributed by atoms with van der Waals surface area (Å²) in [4.78, 5) is 11.4. The molecule has 0 saturated heterocycles. The van der Waals surface area contributed by atoms with Gasteiger partial charge in [-0.15, -0.1) is 0 Å². The van der Waals surface area contributed by atoms with E-state index in [-0.39, 0.29) is 5.69 Å². The number of para-hydroxylation sites is 1. The molecule has 0 spiro atoms. The molecule has 5 heteroatoms. The second kappa shape index (κ2) is 5.05. The SMILES string of the molecule is CC1CCc2c(c(C(=O)O)nn2-c2ccccc2Br)C1. The minimum Gasteiger partial charge on any atom is -0.476 e. The van der Waals surface area contributed by atoms with Crippen LogP contribution in [-0.4, -0.2) is 20.9 Å². The Morgan fingerprint density at radius 1 is 1.45 bits per heavy atom. The summed E-state index contributed by atoms with van der Waals surface area (Å²) in [6.07, 6.45) is 2.74. The highest BCUT2D eigenvalue weighted by Crippen LogP contribution is 2.31. The van der Waals surface area contributed by atoms with Crippen molar-refractivity contribution in [2.45, 2.75) is 26.2 Å². The molecular weight excluding hydrogens is 320 g/mol. The molecule has 1 heterocycles. The molecule has 20 heavy (non-hydrogen) atoms. The summed E-state index contributed by atoms with van der Waals surface area (Å²) in [5, 5.41) is 13.7. The number of aromatic carboxylic acids is 1. The van der Waals surface area contributed by atoms with Gasteiger partial charge in [0.2, 0.25) is 0 Å². The van der Waals surface area contributed by atoms with Gasteiger partial charge in [-0.05, 0) is 53.2 Å². The van der Waals surface area contributed by atoms with Crippen LogP contribution >= 0.6 is 15.9 Å². The first kappa shape index (κ1) is 13.4. The Bertz CT molecular complexity index is 679. The molecule has 0 amide bonds. The van der Waals surface area contributed by atoms with Crippen LogP contribution in [-0.2, 0) is 12.8 Å². The Morgan fingerprint density at radius 3 is 2.90 bits per heavy atom. The molecule has 0 fully saturated rings. The fourth-order valence-corrected chi connectivity index (χ4v) is 3.24. The predicted molar refractivity (Wildman–Crippen MR) is 79.4 cm³/mol. The third kappa shape index (κ3) is 2.16. The normalized spacial score (nSPS) is 17.8. The van der Waals surface area contributed by atoms with Crippen molar-refractivity contribution in [2.75, 3.05) is 0 Å². The van der Waals surface area contributed by atoms with Crippen LogP contribution in [0.4, 0.5) is 0 Å². The van der Waals surface area contributed by atoms with E-state index in [9.17, 15) is 9.90 Å². The van der Waals surface area contributed by atoms with Crippen molar-refractivity contribution in [2.24, 2.45) is 5.92 Å². The summed E-state index contributed by atoms with van der Waals surface area (Å²) in [5.74, 6) is -0.432. The van der Waals surface area contributed by atoms with Gasteiger partial charge in [-0.3, -0.25) is 0 Å². The molecule has 2 aromatic rings. The summed E-state index contributed by atoms with van der Waals surface area (Å²) < 4.78 is 2.70. The highest BCUT2D eigenvalue weighted by Gasteiger charge is 2.28. The minimum absolute atomic E-state index is 0.197. The molecule has 3 rings (SSSR count). The van der Waals surface area contributed by atoms with Gasteiger partial charge in [-0.2, -0.15) is 5.10 Å². The van der Waals surface area contributed by atoms with E-state index in [4.69, 9.17) is 0 Å². The lowest BCUT2D eigenvalue weighted by molar-refractivity contribution is 0.0688. The molecule has 0 aliphatic heterocycles. The number of hydrogen-bond donors (Lipinski definition) is 1. The van der Waals surface area contributed by atoms with Crippen molar-refractivity contribution in [3.8, 4) is 5.69 Å². The number of carboxylic acids is 1. The van der Waals surface area contributed by atoms with E-state index < -0.39 is 5.97 Å². The number of nitrogens with zero attached hydrogens (tertiary/aromatic N) is 2. The van der Waals surface area contributed by atoms with Crippen LogP contribution in [0, 0.1) is 5.92 Å². The number of aromatic nitrogens is 2. The number of halogens is 1. The molecular formula is C15H15BrN2O2. The standard InChI is InChI=1S/C15H15BrN2O2/c1-9-6-7-12-10(8-9)14(15(19)20)17-18(12)13-5-3-2-4-11(13)16/h2-5,9H,6-8H2,1H3,(H,19,20). The van der Waals surface area contributed by atoms with Gasteiger partial charge < -0.3 is 5.11 Å². The summed E-state index contributed by atoms with van der Waals surface area (Å²) in [7, 11) is 0. The topological polar surface area (TPSA) is 55.1 Å². The lowest BCUT2D eigenvalue weighted by atomic mass is 9.87. The van der Waals surface area contributed by atoms with E-state index in [2.05, 4.69) is 28.0 Å². The number of fused-ring (bicyclic) bond motifs is 1. The third-order valence-electron chi connectivity index (χ3n) is 3.80. The van der Waals surface area contributed by atoms with Crippen LogP contribution in [0.3, 0.4) is 0 Å². The molecule has 1 unspecified atom stereocenters. The van der Waals surface area contributed by atoms with Gasteiger partial charge >= 0.3 is 5.97 Å². The fraction of sp³-hybridized carbons (Fsp3) is 0.333. The average molecular weight is 335 g/mol. The molecule has 0 radical (unpaired) electrons. The highest BCUT2D eigenvalue weighted by molar-refractivity contribution is 9.10. The van der Waals surface area contributed by atoms with E-state index in [0.717, 1.165) is 40.7 Å². The van der Waals surface area contributed by atoms with Crippen molar-refractivity contribution in [1.82, 2.24) is 9.78 Å². The Labute approximate surface area is 125 Å². The third-order valence-corrected chi connectivity index (χ3v) is 4.47. The van der Waals surface area contributed by atoms with Crippen molar-refractivity contribution < 1.29 is 9.90 Å². The number of rotatable bonds is 2. The van der Waals surface area contributed by atoms with Crippen molar-refractivity contribution >= 4 is 21.9 Å². The van der Waals surface area contributed by atoms with Crippen LogP contribution in [0.5, 0.6) is 0 Å². The zero-order chi connectivity index (χ0) is 14.3. The maximum absolute atomic E-state index is 11.4. The molecule has 4 nitrogen and oxygen atoms in total. The molecule has 1 atom stereocenters. The zero-order valence-electron chi connectivity index (χ0n) is 11.1. The molecule has 1 aromatic heterocycles. The van der Waals surface area contributed by atoms with Crippen LogP contribution in [0.1, 0.15) is 35.1 Å². The summed E-state index contributed by atoms with van der Waals surface area (Å²) in [5.41, 5.74) is 3.02. The zero-order valence-corrected chi connectivity index (χ0v) is 12.7. The minimum atomic E-state index is -0.943. The van der Waals surface area contributed by atoms with Crippen LogP contribution in [0.2, 0.25) is 0 Å². The van der Waals surface area contributed by atoms with Crippen molar-refractivity contribution in [1.29, 1.82) is 0 Å². The molecule has 1 aromatic carbocycles. The summed E-state index contributed by atoms with van der Waals surface area (Å²) in [6, 6.07) is 7.75. The fourth-order valence-electron chi connectivity index (χ4n) is 2.78. The van der Waals surface area contributed by atoms with Gasteiger partial charge in [0.15, 0.2) is 5.69 Å². The Balaban J connectivity index is 2.20. The monoisotopic (exact) mass is 334 g/mol. The van der Waals surface area contributed by atoms with E-state index in [1.807, 2.05) is 24.3 Å². The first-order chi connectivity index (χ1) is 9.58. The van der Waals surface area contributed by atoms with Gasteiger partial charge in [0.1, 0.15) is 0 Å². The van der Waals surface area contributed by atoms with Crippen LogP contribution < -0.4 is 0 Å². The predicted octanol–water partition coefficient (Wildman–Crippen LogP) is 3.46. The number of hydrogen-bond acceptors (Lipinski definition) is 2. The molecule has 1 aliphatic rings. The highest BCUT2D eigenvalue weighted by atomic mass is 79.9. The second-order valence-corrected chi connectivity index (χ2v) is 6.14. The molecule has 1 N–H and O–H groups in total. The maximum Gasteiger partial charge on any atom is 0.356 e. The molecule has 0 bridgehead atoms. The molecule has 0 saturated carbocycles. The van der Waals surface area contributed by atoms with Crippen LogP contribution in [0.15, 0.2) is 28.7 Å². The molecule has 1 aliphatic carbocycles. The second-order valence-electron chi connectivity index (χ2n) is 5.29. The van der Waals surface area contributed by atoms with E-state index in [1.165, 1.54) is 0 Å². The lowest BCUT2D eigenvalue weighted by Gasteiger charge is -2.19. The van der Waals surface area contributed by atoms with Gasteiger partial charge in [0.05, 0.1) is 5.69 Å². The van der Waals surface area contributed by atoms with Crippen molar-refractivity contribution in [3.63, 3.8) is 0 Å². The smallest absolute Gasteiger partial charge is 0.356 e. The average Bonchev–Trinajstić information content (AvgIpc) is 2.78. The summed E-state index contributed by atoms with van der Waals surface area (Å²) >= 11 is 3.51. The Hall–Kier alpha value is -1.62. The Kier molecular flexibility index (Phi) is 3.38. The van der Waals surface area contributed by atoms with Crippen molar-refractivity contribution in [3.05, 3.63) is 45.7 Å². The Morgan fingerprint density at radius 2 is 2.20 bits per heavy atom. The quantitative estimate of drug-likeness (QED) is 0.914. The van der Waals surface area contributed by atoms with Gasteiger partial charge in [0.25, 0.3) is 0 Å². The van der Waals surface area contributed by atoms with E-state index >= 15 is 0 Å². The lowest BCUT2D eigenvalue weighted by Crippen LogP contribution is -2.14. The summed E-state index contributed by atoms with van der Waals surface area (Å²) in [6.45, 7) is 2.16.